The van der Waals surface area contributed by atoms with E-state index in [-0.39, 0.29) is 12.5 Å². The molecule has 0 aromatic carbocycles. The number of amides is 1. The molecule has 4 heteroatoms. The van der Waals surface area contributed by atoms with Gasteiger partial charge in [-0.15, -0.1) is 11.3 Å². The van der Waals surface area contributed by atoms with Gasteiger partial charge in [-0.05, 0) is 49.0 Å². The molecule has 4 atom stereocenters. The first kappa shape index (κ1) is 13.4. The summed E-state index contributed by atoms with van der Waals surface area (Å²) in [6.45, 7) is 0.0819. The summed E-state index contributed by atoms with van der Waals surface area (Å²) in [5.74, 6) is 9.24. The number of hydrogen-bond acceptors (Lipinski definition) is 3. The molecule has 0 radical (unpaired) electrons. The molecule has 0 spiro atoms. The minimum Gasteiger partial charge on any atom is -0.395 e. The Kier molecular flexibility index (Phi) is 3.28. The van der Waals surface area contributed by atoms with Gasteiger partial charge in [0, 0.05) is 17.8 Å². The van der Waals surface area contributed by atoms with E-state index >= 15 is 0 Å². The Morgan fingerprint density at radius 2 is 2.14 bits per heavy atom. The molecule has 3 aliphatic rings. The second kappa shape index (κ2) is 5.15. The van der Waals surface area contributed by atoms with E-state index in [4.69, 9.17) is 5.11 Å². The minimum absolute atomic E-state index is 0.0558. The van der Waals surface area contributed by atoms with E-state index in [1.165, 1.54) is 30.6 Å². The normalized spacial score (nSPS) is 35.0. The number of rotatable bonds is 3. The summed E-state index contributed by atoms with van der Waals surface area (Å²) in [5.41, 5.74) is 0.727. The molecule has 1 heterocycles. The smallest absolute Gasteiger partial charge is 0.252 e. The first-order valence-corrected chi connectivity index (χ1v) is 8.65. The molecule has 3 saturated carbocycles. The molecule has 1 aromatic rings. The monoisotopic (exact) mass is 301 g/mol. The standard InChI is InChI=1S/C17H19NO2S/c19-6-2-1-3-13-8-12(9-21-13)17(20)18-16-14-10-4-5-11(7-10)15(14)16/h8-11,14-16,19H,2,4-7H2,(H,18,20). The largest absolute Gasteiger partial charge is 0.395 e. The van der Waals surface area contributed by atoms with Crippen LogP contribution < -0.4 is 5.32 Å². The van der Waals surface area contributed by atoms with Gasteiger partial charge in [0.15, 0.2) is 0 Å². The fraction of sp³-hybridized carbons (Fsp3) is 0.588. The molecule has 110 valence electrons. The molecule has 0 saturated heterocycles. The van der Waals surface area contributed by atoms with Crippen molar-refractivity contribution in [3.05, 3.63) is 21.9 Å². The Balaban J connectivity index is 1.37. The van der Waals surface area contributed by atoms with Crippen molar-refractivity contribution in [1.82, 2.24) is 5.32 Å². The lowest BCUT2D eigenvalue weighted by Crippen LogP contribution is -2.29. The van der Waals surface area contributed by atoms with Crippen LogP contribution in [0.1, 0.15) is 40.9 Å². The predicted molar refractivity (Wildman–Crippen MR) is 82.0 cm³/mol. The van der Waals surface area contributed by atoms with Gasteiger partial charge in [-0.3, -0.25) is 4.79 Å². The molecule has 21 heavy (non-hydrogen) atoms. The van der Waals surface area contributed by atoms with Crippen LogP contribution in [0.3, 0.4) is 0 Å². The van der Waals surface area contributed by atoms with Crippen molar-refractivity contribution in [3.63, 3.8) is 0 Å². The first-order valence-electron chi connectivity index (χ1n) is 7.77. The summed E-state index contributed by atoms with van der Waals surface area (Å²) < 4.78 is 0. The minimum atomic E-state index is 0.0558. The Bertz CT molecular complexity index is 610. The van der Waals surface area contributed by atoms with Crippen LogP contribution in [-0.2, 0) is 0 Å². The van der Waals surface area contributed by atoms with Crippen molar-refractivity contribution >= 4 is 17.2 Å². The fourth-order valence-corrected chi connectivity index (χ4v) is 5.23. The Morgan fingerprint density at radius 1 is 1.38 bits per heavy atom. The number of hydrogen-bond donors (Lipinski definition) is 2. The number of fused-ring (bicyclic) bond motifs is 5. The van der Waals surface area contributed by atoms with Crippen molar-refractivity contribution in [2.75, 3.05) is 6.61 Å². The number of aliphatic hydroxyl groups excluding tert-OH is 1. The van der Waals surface area contributed by atoms with Crippen molar-refractivity contribution in [3.8, 4) is 11.8 Å². The Morgan fingerprint density at radius 3 is 2.86 bits per heavy atom. The average Bonchev–Trinajstić information content (AvgIpc) is 2.93. The number of aliphatic hydroxyl groups is 1. The van der Waals surface area contributed by atoms with Gasteiger partial charge >= 0.3 is 0 Å². The maximum absolute atomic E-state index is 12.3. The molecule has 4 rings (SSSR count). The third-order valence-electron chi connectivity index (χ3n) is 5.34. The van der Waals surface area contributed by atoms with Gasteiger partial charge in [-0.2, -0.15) is 0 Å². The van der Waals surface area contributed by atoms with Crippen LogP contribution in [0.25, 0.3) is 0 Å². The van der Waals surface area contributed by atoms with E-state index < -0.39 is 0 Å². The van der Waals surface area contributed by atoms with Crippen molar-refractivity contribution in [2.45, 2.75) is 31.7 Å². The van der Waals surface area contributed by atoms with Crippen LogP contribution in [-0.4, -0.2) is 23.7 Å². The third kappa shape index (κ3) is 2.29. The summed E-state index contributed by atoms with van der Waals surface area (Å²) in [5, 5.41) is 13.8. The summed E-state index contributed by atoms with van der Waals surface area (Å²) >= 11 is 1.49. The highest BCUT2D eigenvalue weighted by Gasteiger charge is 2.65. The van der Waals surface area contributed by atoms with Crippen molar-refractivity contribution in [2.24, 2.45) is 23.7 Å². The molecule has 3 aliphatic carbocycles. The van der Waals surface area contributed by atoms with E-state index in [1.807, 2.05) is 11.4 Å². The zero-order valence-electron chi connectivity index (χ0n) is 11.8. The molecule has 3 nitrogen and oxygen atoms in total. The molecule has 0 aliphatic heterocycles. The molecule has 1 amide bonds. The predicted octanol–water partition coefficient (Wildman–Crippen LogP) is 2.26. The van der Waals surface area contributed by atoms with Gasteiger partial charge in [-0.25, -0.2) is 0 Å². The zero-order chi connectivity index (χ0) is 14.4. The molecular weight excluding hydrogens is 282 g/mol. The van der Waals surface area contributed by atoms with Gasteiger partial charge in [0.25, 0.3) is 5.91 Å². The van der Waals surface area contributed by atoms with Crippen LogP contribution in [0.4, 0.5) is 0 Å². The van der Waals surface area contributed by atoms with Gasteiger partial charge in [0.05, 0.1) is 17.0 Å². The molecule has 4 unspecified atom stereocenters. The van der Waals surface area contributed by atoms with Crippen LogP contribution in [0.15, 0.2) is 11.4 Å². The second-order valence-corrected chi connectivity index (χ2v) is 7.37. The quantitative estimate of drug-likeness (QED) is 0.841. The lowest BCUT2D eigenvalue weighted by atomic mass is 10.0. The number of carbonyl (C=O) groups is 1. The highest BCUT2D eigenvalue weighted by atomic mass is 32.1. The highest BCUT2D eigenvalue weighted by Crippen LogP contribution is 2.65. The Hall–Kier alpha value is -1.31. The van der Waals surface area contributed by atoms with E-state index in [1.54, 1.807) is 0 Å². The van der Waals surface area contributed by atoms with Gasteiger partial charge in [0.1, 0.15) is 0 Å². The SMILES string of the molecule is O=C(NC1C2C3CCC(C3)C12)c1csc(C#CCCO)c1. The lowest BCUT2D eigenvalue weighted by molar-refractivity contribution is 0.0944. The summed E-state index contributed by atoms with van der Waals surface area (Å²) in [7, 11) is 0. The molecule has 1 aromatic heterocycles. The lowest BCUT2D eigenvalue weighted by Gasteiger charge is -2.09. The van der Waals surface area contributed by atoms with E-state index in [0.717, 1.165) is 34.1 Å². The molecule has 3 fully saturated rings. The average molecular weight is 301 g/mol. The van der Waals surface area contributed by atoms with Gasteiger partial charge < -0.3 is 10.4 Å². The molecular formula is C17H19NO2S. The highest BCUT2D eigenvalue weighted by molar-refractivity contribution is 7.10. The van der Waals surface area contributed by atoms with E-state index in [9.17, 15) is 4.79 Å². The number of thiophene rings is 1. The van der Waals surface area contributed by atoms with Crippen LogP contribution >= 0.6 is 11.3 Å². The summed E-state index contributed by atoms with van der Waals surface area (Å²) in [6, 6.07) is 2.30. The van der Waals surface area contributed by atoms with Gasteiger partial charge in [0.2, 0.25) is 0 Å². The van der Waals surface area contributed by atoms with Crippen LogP contribution in [0.5, 0.6) is 0 Å². The van der Waals surface area contributed by atoms with Crippen molar-refractivity contribution < 1.29 is 9.90 Å². The zero-order valence-corrected chi connectivity index (χ0v) is 12.7. The Labute approximate surface area is 128 Å². The summed E-state index contributed by atoms with van der Waals surface area (Å²) in [6.07, 6.45) is 4.64. The number of carbonyl (C=O) groups excluding carboxylic acids is 1. The van der Waals surface area contributed by atoms with Gasteiger partial charge in [-0.1, -0.05) is 11.8 Å². The topological polar surface area (TPSA) is 49.3 Å². The molecule has 2 N–H and O–H groups in total. The first-order chi connectivity index (χ1) is 10.3. The maximum atomic E-state index is 12.3. The second-order valence-electron chi connectivity index (χ2n) is 6.46. The van der Waals surface area contributed by atoms with E-state index in [2.05, 4.69) is 17.2 Å². The van der Waals surface area contributed by atoms with Crippen LogP contribution in [0, 0.1) is 35.5 Å². The van der Waals surface area contributed by atoms with Crippen LogP contribution in [0.2, 0.25) is 0 Å². The fourth-order valence-electron chi connectivity index (χ4n) is 4.48. The third-order valence-corrected chi connectivity index (χ3v) is 6.19. The number of nitrogens with one attached hydrogen (secondary N) is 1. The maximum Gasteiger partial charge on any atom is 0.252 e. The summed E-state index contributed by atoms with van der Waals surface area (Å²) in [4.78, 5) is 13.2. The van der Waals surface area contributed by atoms with Crippen molar-refractivity contribution in [1.29, 1.82) is 0 Å². The molecule has 2 bridgehead atoms. The van der Waals surface area contributed by atoms with E-state index in [0.29, 0.717) is 12.5 Å².